The van der Waals surface area contributed by atoms with E-state index in [-0.39, 0.29) is 0 Å². The zero-order valence-corrected chi connectivity index (χ0v) is 8.92. The van der Waals surface area contributed by atoms with Gasteiger partial charge >= 0.3 is 0 Å². The first-order valence-corrected chi connectivity index (χ1v) is 5.77. The van der Waals surface area contributed by atoms with Crippen LogP contribution in [-0.4, -0.2) is 36.6 Å². The Balaban J connectivity index is 1.76. The van der Waals surface area contributed by atoms with Gasteiger partial charge in [0.05, 0.1) is 0 Å². The van der Waals surface area contributed by atoms with Gasteiger partial charge in [0.1, 0.15) is 0 Å². The van der Waals surface area contributed by atoms with Gasteiger partial charge in [0.15, 0.2) is 0 Å². The van der Waals surface area contributed by atoms with E-state index in [1.54, 1.807) is 0 Å². The summed E-state index contributed by atoms with van der Waals surface area (Å²) in [6, 6.07) is 1.61. The van der Waals surface area contributed by atoms with Crippen molar-refractivity contribution in [3.63, 3.8) is 0 Å². The summed E-state index contributed by atoms with van der Waals surface area (Å²) in [5.74, 6) is 1.04. The van der Waals surface area contributed by atoms with Crippen LogP contribution in [0.1, 0.15) is 33.1 Å². The van der Waals surface area contributed by atoms with Gasteiger partial charge in [-0.3, -0.25) is 4.90 Å². The van der Waals surface area contributed by atoms with E-state index in [0.29, 0.717) is 6.04 Å². The molecule has 0 aromatic carbocycles. The molecule has 1 saturated heterocycles. The third kappa shape index (κ3) is 2.05. The molecule has 1 saturated carbocycles. The molecule has 3 unspecified atom stereocenters. The lowest BCUT2D eigenvalue weighted by molar-refractivity contribution is 0.196. The van der Waals surface area contributed by atoms with Gasteiger partial charge in [-0.2, -0.15) is 0 Å². The van der Waals surface area contributed by atoms with Gasteiger partial charge in [-0.25, -0.2) is 0 Å². The highest BCUT2D eigenvalue weighted by atomic mass is 15.2. The van der Waals surface area contributed by atoms with Crippen molar-refractivity contribution in [2.45, 2.75) is 45.2 Å². The fourth-order valence-corrected chi connectivity index (χ4v) is 3.02. The maximum Gasteiger partial charge on any atom is 0.0166 e. The quantitative estimate of drug-likeness (QED) is 0.708. The van der Waals surface area contributed by atoms with Crippen LogP contribution in [0.2, 0.25) is 0 Å². The van der Waals surface area contributed by atoms with Crippen molar-refractivity contribution >= 4 is 0 Å². The molecule has 0 spiro atoms. The van der Waals surface area contributed by atoms with Crippen molar-refractivity contribution in [2.24, 2.45) is 5.92 Å². The molecule has 2 nitrogen and oxygen atoms in total. The van der Waals surface area contributed by atoms with Gasteiger partial charge in [0.2, 0.25) is 0 Å². The summed E-state index contributed by atoms with van der Waals surface area (Å²) in [6.07, 6.45) is 4.44. The summed E-state index contributed by atoms with van der Waals surface area (Å²) < 4.78 is 0. The summed E-state index contributed by atoms with van der Waals surface area (Å²) in [5, 5.41) is 3.49. The lowest BCUT2D eigenvalue weighted by Crippen LogP contribution is -2.42. The molecule has 0 radical (unpaired) electrons. The molecule has 76 valence electrons. The van der Waals surface area contributed by atoms with Crippen molar-refractivity contribution in [1.82, 2.24) is 10.2 Å². The smallest absolute Gasteiger partial charge is 0.0166 e. The highest BCUT2D eigenvalue weighted by molar-refractivity contribution is 4.92. The Morgan fingerprint density at radius 3 is 2.85 bits per heavy atom. The third-order valence-corrected chi connectivity index (χ3v) is 3.58. The van der Waals surface area contributed by atoms with Gasteiger partial charge < -0.3 is 5.32 Å². The monoisotopic (exact) mass is 182 g/mol. The molecule has 0 aromatic rings. The number of likely N-dealkylation sites (N-methyl/N-ethyl adjacent to an activating group) is 1. The van der Waals surface area contributed by atoms with Gasteiger partial charge in [-0.15, -0.1) is 0 Å². The van der Waals surface area contributed by atoms with E-state index >= 15 is 0 Å². The zero-order chi connectivity index (χ0) is 9.26. The van der Waals surface area contributed by atoms with Gasteiger partial charge in [0.25, 0.3) is 0 Å². The van der Waals surface area contributed by atoms with Crippen LogP contribution in [-0.2, 0) is 0 Å². The number of nitrogens with one attached hydrogen (secondary N) is 1. The Hall–Kier alpha value is -0.0800. The minimum Gasteiger partial charge on any atom is -0.313 e. The number of hydrogen-bond acceptors (Lipinski definition) is 2. The fourth-order valence-electron chi connectivity index (χ4n) is 3.02. The van der Waals surface area contributed by atoms with Crippen LogP contribution >= 0.6 is 0 Å². The molecule has 1 N–H and O–H groups in total. The van der Waals surface area contributed by atoms with Crippen LogP contribution in [0.4, 0.5) is 0 Å². The summed E-state index contributed by atoms with van der Waals surface area (Å²) in [7, 11) is 0. The number of nitrogens with zero attached hydrogens (tertiary/aromatic N) is 1. The third-order valence-electron chi connectivity index (χ3n) is 3.58. The van der Waals surface area contributed by atoms with E-state index in [1.807, 2.05) is 0 Å². The van der Waals surface area contributed by atoms with Crippen LogP contribution in [0.5, 0.6) is 0 Å². The lowest BCUT2D eigenvalue weighted by Gasteiger charge is -2.29. The number of rotatable bonds is 4. The minimum atomic E-state index is 0.671. The maximum atomic E-state index is 3.49. The Bertz CT molecular complexity index is 169. The van der Waals surface area contributed by atoms with E-state index in [0.717, 1.165) is 18.5 Å². The lowest BCUT2D eigenvalue weighted by atomic mass is 10.1. The average Bonchev–Trinajstić information content (AvgIpc) is 2.65. The second kappa shape index (κ2) is 3.97. The first-order valence-electron chi connectivity index (χ1n) is 5.77. The molecule has 2 aliphatic rings. The Kier molecular flexibility index (Phi) is 2.89. The standard InChI is InChI=1S/C11H22N2/c1-3-12-9(2)7-13-8-10-4-5-11(13)6-10/h9-12H,3-8H2,1-2H3. The predicted octanol–water partition coefficient (Wildman–Crippen LogP) is 1.47. The summed E-state index contributed by atoms with van der Waals surface area (Å²) in [4.78, 5) is 2.70. The Labute approximate surface area is 81.7 Å². The zero-order valence-electron chi connectivity index (χ0n) is 8.92. The topological polar surface area (TPSA) is 15.3 Å². The van der Waals surface area contributed by atoms with Crippen molar-refractivity contribution in [3.05, 3.63) is 0 Å². The van der Waals surface area contributed by atoms with E-state index in [1.165, 1.54) is 32.4 Å². The molecule has 3 atom stereocenters. The predicted molar refractivity (Wildman–Crippen MR) is 55.8 cm³/mol. The Morgan fingerprint density at radius 1 is 1.46 bits per heavy atom. The van der Waals surface area contributed by atoms with Crippen LogP contribution in [0.3, 0.4) is 0 Å². The number of fused-ring (bicyclic) bond motifs is 2. The number of piperidine rings is 1. The van der Waals surface area contributed by atoms with Crippen molar-refractivity contribution < 1.29 is 0 Å². The number of hydrogen-bond donors (Lipinski definition) is 1. The first kappa shape index (κ1) is 9.47. The second-order valence-corrected chi connectivity index (χ2v) is 4.75. The van der Waals surface area contributed by atoms with E-state index in [9.17, 15) is 0 Å². The average molecular weight is 182 g/mol. The highest BCUT2D eigenvalue weighted by Crippen LogP contribution is 2.37. The molecule has 2 heteroatoms. The van der Waals surface area contributed by atoms with Crippen molar-refractivity contribution in [3.8, 4) is 0 Å². The van der Waals surface area contributed by atoms with Gasteiger partial charge in [-0.1, -0.05) is 6.92 Å². The molecule has 13 heavy (non-hydrogen) atoms. The highest BCUT2D eigenvalue weighted by Gasteiger charge is 2.37. The maximum absolute atomic E-state index is 3.49. The second-order valence-electron chi connectivity index (χ2n) is 4.75. The summed E-state index contributed by atoms with van der Waals surface area (Å²) in [5.41, 5.74) is 0. The molecule has 2 rings (SSSR count). The summed E-state index contributed by atoms with van der Waals surface area (Å²) in [6.45, 7) is 8.22. The van der Waals surface area contributed by atoms with Crippen LogP contribution < -0.4 is 5.32 Å². The number of likely N-dealkylation sites (tertiary alicyclic amines) is 1. The molecule has 2 bridgehead atoms. The Morgan fingerprint density at radius 2 is 2.31 bits per heavy atom. The molecular formula is C11H22N2. The van der Waals surface area contributed by atoms with Crippen LogP contribution in [0.15, 0.2) is 0 Å². The molecule has 0 aromatic heterocycles. The van der Waals surface area contributed by atoms with Crippen LogP contribution in [0.25, 0.3) is 0 Å². The molecule has 0 amide bonds. The van der Waals surface area contributed by atoms with Crippen molar-refractivity contribution in [1.29, 1.82) is 0 Å². The van der Waals surface area contributed by atoms with Gasteiger partial charge in [-0.05, 0) is 38.6 Å². The molecule has 1 aliphatic heterocycles. The van der Waals surface area contributed by atoms with Gasteiger partial charge in [0, 0.05) is 25.2 Å². The fraction of sp³-hybridized carbons (Fsp3) is 1.00. The van der Waals surface area contributed by atoms with Crippen LogP contribution in [0, 0.1) is 5.92 Å². The molecule has 1 aliphatic carbocycles. The van der Waals surface area contributed by atoms with Crippen molar-refractivity contribution in [2.75, 3.05) is 19.6 Å². The largest absolute Gasteiger partial charge is 0.313 e. The molecular weight excluding hydrogens is 160 g/mol. The summed E-state index contributed by atoms with van der Waals surface area (Å²) >= 11 is 0. The molecule has 1 heterocycles. The van der Waals surface area contributed by atoms with E-state index < -0.39 is 0 Å². The SMILES string of the molecule is CCNC(C)CN1CC2CCC1C2. The minimum absolute atomic E-state index is 0.671. The molecule has 2 fully saturated rings. The van der Waals surface area contributed by atoms with E-state index in [2.05, 4.69) is 24.1 Å². The van der Waals surface area contributed by atoms with E-state index in [4.69, 9.17) is 0 Å². The normalized spacial score (nSPS) is 35.5. The first-order chi connectivity index (χ1) is 6.29.